The summed E-state index contributed by atoms with van der Waals surface area (Å²) in [5, 5.41) is 9.23. The molecule has 0 heterocycles. The molecule has 0 aromatic carbocycles. The third-order valence-electron chi connectivity index (χ3n) is 1.15. The Kier molecular flexibility index (Phi) is 4.83. The van der Waals surface area contributed by atoms with Crippen LogP contribution in [0.15, 0.2) is 23.4 Å². The Morgan fingerprint density at radius 3 is 2.64 bits per heavy atom. The number of allylic oxidation sites excluding steroid dienone is 1. The zero-order chi connectivity index (χ0) is 8.85. The summed E-state index contributed by atoms with van der Waals surface area (Å²) < 4.78 is 1.69. The van der Waals surface area contributed by atoms with Crippen molar-refractivity contribution in [1.29, 1.82) is 0 Å². The molecule has 62 valence electrons. The minimum Gasteiger partial charge on any atom is -0.391 e. The van der Waals surface area contributed by atoms with Gasteiger partial charge in [0.2, 0.25) is 0 Å². The van der Waals surface area contributed by atoms with Crippen molar-refractivity contribution < 1.29 is 9.68 Å². The van der Waals surface area contributed by atoms with E-state index in [1.165, 1.54) is 0 Å². The first-order valence-corrected chi connectivity index (χ1v) is 3.67. The molecule has 0 saturated carbocycles. The van der Waals surface area contributed by atoms with Crippen LogP contribution in [-0.2, 0) is 0 Å². The van der Waals surface area contributed by atoms with Crippen LogP contribution >= 0.6 is 11.6 Å². The second-order valence-electron chi connectivity index (χ2n) is 2.17. The maximum Gasteiger partial charge on any atom is 0.270 e. The highest BCUT2D eigenvalue weighted by atomic mass is 35.5. The Morgan fingerprint density at radius 2 is 2.27 bits per heavy atom. The van der Waals surface area contributed by atoms with E-state index in [1.807, 2.05) is 6.92 Å². The summed E-state index contributed by atoms with van der Waals surface area (Å²) in [6, 6.07) is 0. The molecule has 0 aliphatic heterocycles. The van der Waals surface area contributed by atoms with E-state index in [0.717, 1.165) is 0 Å². The summed E-state index contributed by atoms with van der Waals surface area (Å²) in [5.74, 6) is 0. The maximum absolute atomic E-state index is 8.62. The second kappa shape index (κ2) is 5.10. The SMILES string of the molecule is C=C(C=[N+](C)C(Cl)=CC)CO. The topological polar surface area (TPSA) is 23.2 Å². The first-order chi connectivity index (χ1) is 5.11. The Bertz CT molecular complexity index is 206. The van der Waals surface area contributed by atoms with Gasteiger partial charge < -0.3 is 5.11 Å². The van der Waals surface area contributed by atoms with Crippen LogP contribution < -0.4 is 0 Å². The standard InChI is InChI=1S/C8H13ClNO/c1-4-8(9)10(3)5-7(2)6-11/h4-5,11H,2,6H2,1,3H3/q+1. The van der Waals surface area contributed by atoms with Crippen LogP contribution in [0.5, 0.6) is 0 Å². The van der Waals surface area contributed by atoms with Crippen molar-refractivity contribution in [3.8, 4) is 0 Å². The van der Waals surface area contributed by atoms with Gasteiger partial charge in [-0.15, -0.1) is 0 Å². The summed E-state index contributed by atoms with van der Waals surface area (Å²) >= 11 is 5.75. The Hall–Kier alpha value is -0.600. The molecule has 0 fully saturated rings. The van der Waals surface area contributed by atoms with Crippen LogP contribution in [0, 0.1) is 0 Å². The molecule has 0 rings (SSSR count). The van der Waals surface area contributed by atoms with Crippen molar-refractivity contribution in [2.45, 2.75) is 6.92 Å². The van der Waals surface area contributed by atoms with Crippen LogP contribution in [0.1, 0.15) is 6.92 Å². The third-order valence-corrected chi connectivity index (χ3v) is 1.64. The summed E-state index contributed by atoms with van der Waals surface area (Å²) in [6.07, 6.45) is 3.45. The number of nitrogens with zero attached hydrogens (tertiary/aromatic N) is 1. The van der Waals surface area contributed by atoms with Crippen molar-refractivity contribution in [3.05, 3.63) is 23.4 Å². The number of aliphatic hydroxyl groups excluding tert-OH is 1. The summed E-state index contributed by atoms with van der Waals surface area (Å²) in [7, 11) is 1.79. The van der Waals surface area contributed by atoms with Crippen LogP contribution in [-0.4, -0.2) is 29.6 Å². The van der Waals surface area contributed by atoms with Gasteiger partial charge in [0.05, 0.1) is 6.61 Å². The third kappa shape index (κ3) is 3.96. The molecular weight excluding hydrogens is 162 g/mol. The van der Waals surface area contributed by atoms with Crippen LogP contribution in [0.3, 0.4) is 0 Å². The van der Waals surface area contributed by atoms with Gasteiger partial charge in [0.25, 0.3) is 5.16 Å². The van der Waals surface area contributed by atoms with Gasteiger partial charge in [-0.25, -0.2) is 0 Å². The number of halogens is 1. The van der Waals surface area contributed by atoms with Gasteiger partial charge in [0, 0.05) is 5.57 Å². The summed E-state index contributed by atoms with van der Waals surface area (Å²) in [5.41, 5.74) is 0.632. The largest absolute Gasteiger partial charge is 0.391 e. The molecule has 0 unspecified atom stereocenters. The van der Waals surface area contributed by atoms with E-state index in [0.29, 0.717) is 10.7 Å². The highest BCUT2D eigenvalue weighted by Gasteiger charge is 2.01. The Labute approximate surface area is 72.1 Å². The van der Waals surface area contributed by atoms with E-state index in [2.05, 4.69) is 6.58 Å². The molecule has 0 aliphatic rings. The molecule has 0 amide bonds. The lowest BCUT2D eigenvalue weighted by Gasteiger charge is -1.92. The fourth-order valence-electron chi connectivity index (χ4n) is 0.580. The predicted octanol–water partition coefficient (Wildman–Crippen LogP) is 1.35. The molecule has 0 bridgehead atoms. The monoisotopic (exact) mass is 174 g/mol. The molecule has 0 aliphatic carbocycles. The van der Waals surface area contributed by atoms with Gasteiger partial charge in [0.15, 0.2) is 6.21 Å². The number of hydrogen-bond donors (Lipinski definition) is 1. The van der Waals surface area contributed by atoms with Crippen molar-refractivity contribution in [3.63, 3.8) is 0 Å². The van der Waals surface area contributed by atoms with E-state index < -0.39 is 0 Å². The molecular formula is C8H13ClNO+. The fraction of sp³-hybridized carbons (Fsp3) is 0.375. The van der Waals surface area contributed by atoms with Crippen molar-refractivity contribution in [1.82, 2.24) is 0 Å². The van der Waals surface area contributed by atoms with Crippen LogP contribution in [0.2, 0.25) is 0 Å². The molecule has 0 atom stereocenters. The zero-order valence-corrected chi connectivity index (χ0v) is 7.60. The zero-order valence-electron chi connectivity index (χ0n) is 6.84. The van der Waals surface area contributed by atoms with E-state index in [-0.39, 0.29) is 6.61 Å². The molecule has 1 N–H and O–H groups in total. The quantitative estimate of drug-likeness (QED) is 0.390. The van der Waals surface area contributed by atoms with Crippen molar-refractivity contribution in [2.24, 2.45) is 0 Å². The van der Waals surface area contributed by atoms with Gasteiger partial charge in [-0.3, -0.25) is 0 Å². The molecule has 0 aromatic rings. The first kappa shape index (κ1) is 10.4. The molecule has 2 nitrogen and oxygen atoms in total. The van der Waals surface area contributed by atoms with E-state index in [4.69, 9.17) is 16.7 Å². The smallest absolute Gasteiger partial charge is 0.270 e. The number of hydrogen-bond acceptors (Lipinski definition) is 1. The van der Waals surface area contributed by atoms with Crippen molar-refractivity contribution in [2.75, 3.05) is 13.7 Å². The second-order valence-corrected chi connectivity index (χ2v) is 2.56. The molecule has 0 saturated heterocycles. The van der Waals surface area contributed by atoms with E-state index in [1.54, 1.807) is 23.9 Å². The van der Waals surface area contributed by atoms with Gasteiger partial charge in [0.1, 0.15) is 7.05 Å². The maximum atomic E-state index is 8.62. The molecule has 3 heteroatoms. The average Bonchev–Trinajstić information content (AvgIpc) is 2.02. The number of rotatable bonds is 3. The van der Waals surface area contributed by atoms with Gasteiger partial charge >= 0.3 is 0 Å². The van der Waals surface area contributed by atoms with Gasteiger partial charge in [-0.2, -0.15) is 4.58 Å². The lowest BCUT2D eigenvalue weighted by Crippen LogP contribution is -2.05. The molecule has 0 aromatic heterocycles. The highest BCUT2D eigenvalue weighted by molar-refractivity contribution is 6.28. The lowest BCUT2D eigenvalue weighted by molar-refractivity contribution is -0.426. The van der Waals surface area contributed by atoms with Gasteiger partial charge in [-0.1, -0.05) is 6.58 Å². The molecule has 0 radical (unpaired) electrons. The molecule has 0 spiro atoms. The lowest BCUT2D eigenvalue weighted by atomic mass is 10.3. The normalized spacial score (nSPS) is 13.5. The fourth-order valence-corrected chi connectivity index (χ4v) is 0.629. The average molecular weight is 175 g/mol. The van der Waals surface area contributed by atoms with E-state index >= 15 is 0 Å². The Balaban J connectivity index is 4.34. The summed E-state index contributed by atoms with van der Waals surface area (Å²) in [6.45, 7) is 5.39. The minimum absolute atomic E-state index is 0.0434. The highest BCUT2D eigenvalue weighted by Crippen LogP contribution is 1.99. The first-order valence-electron chi connectivity index (χ1n) is 3.30. The minimum atomic E-state index is -0.0434. The summed E-state index contributed by atoms with van der Waals surface area (Å²) in [4.78, 5) is 0. The van der Waals surface area contributed by atoms with E-state index in [9.17, 15) is 0 Å². The van der Waals surface area contributed by atoms with Crippen LogP contribution in [0.4, 0.5) is 0 Å². The van der Waals surface area contributed by atoms with Crippen LogP contribution in [0.25, 0.3) is 0 Å². The molecule has 11 heavy (non-hydrogen) atoms. The van der Waals surface area contributed by atoms with Crippen molar-refractivity contribution >= 4 is 17.8 Å². The van der Waals surface area contributed by atoms with Gasteiger partial charge in [-0.05, 0) is 24.6 Å². The number of aliphatic hydroxyl groups is 1. The Morgan fingerprint density at radius 1 is 1.73 bits per heavy atom. The predicted molar refractivity (Wildman–Crippen MR) is 48.1 cm³/mol.